The smallest absolute Gasteiger partial charge is 0.198 e. The Bertz CT molecular complexity index is 4100. The molecule has 0 radical (unpaired) electrons. The minimum absolute atomic E-state index is 0.00347. The maximum atomic E-state index is 15.9. The number of Topliss-reactive ketones (excluding diaryl/α,β-unsaturated/α-hetero) is 1. The molecule has 0 fully saturated rings. The first kappa shape index (κ1) is 51.8. The standard InChI is InChI=1S/C72H48O7/c73-64(37-31-48-19-7-1-8-20-48)57-43-54-55-44-59(66(75)39-33-50-23-11-3-12-24-50)60(67(76)40-34-51-25-13-4-14-26-51)46-61(55)70-62(56(54)45-58(57)65(74)38-32-49-21-9-2-10-22-49)47-63(68(77)41-35-52-27-15-5-16-28-52)71(72(70)79)69(78)42-36-53-29-17-6-18-30-53/h1-46H,47H2. The molecule has 0 saturated heterocycles. The number of fused-ring (bicyclic) bond motifs is 6. The SMILES string of the molecule is O=C(C=Cc1ccccc1)C1=C(C(=O)C=Cc2ccccc2)C(=O)c2c(c3cc(C(=O)C=Cc4ccccc4)c(C(=O)C=Cc4ccccc4)cc3c3cc(C(=O)C=Cc4ccccc4)c(C(=O)C=Cc4ccccc4)cc23)C1. The van der Waals surface area contributed by atoms with E-state index >= 15 is 4.79 Å². The second kappa shape index (κ2) is 23.9. The molecule has 0 saturated carbocycles. The van der Waals surface area contributed by atoms with Crippen LogP contribution in [0.2, 0.25) is 0 Å². The molecule has 0 unspecified atom stereocenters. The first-order chi connectivity index (χ1) is 38.6. The van der Waals surface area contributed by atoms with Gasteiger partial charge in [0.15, 0.2) is 40.5 Å². The van der Waals surface area contributed by atoms with Gasteiger partial charge in [-0.25, -0.2) is 0 Å². The molecule has 0 spiro atoms. The van der Waals surface area contributed by atoms with Gasteiger partial charge in [-0.15, -0.1) is 0 Å². The van der Waals surface area contributed by atoms with Crippen molar-refractivity contribution in [3.05, 3.63) is 321 Å². The molecule has 10 rings (SSSR count). The van der Waals surface area contributed by atoms with Gasteiger partial charge in [0.25, 0.3) is 0 Å². The zero-order chi connectivity index (χ0) is 54.7. The van der Waals surface area contributed by atoms with Crippen molar-refractivity contribution in [2.24, 2.45) is 0 Å². The molecule has 0 bridgehead atoms. The summed E-state index contributed by atoms with van der Waals surface area (Å²) in [6.45, 7) is 0. The maximum absolute atomic E-state index is 15.9. The Balaban J connectivity index is 1.27. The van der Waals surface area contributed by atoms with Crippen LogP contribution < -0.4 is 0 Å². The minimum Gasteiger partial charge on any atom is -0.290 e. The molecule has 79 heavy (non-hydrogen) atoms. The van der Waals surface area contributed by atoms with Gasteiger partial charge >= 0.3 is 0 Å². The van der Waals surface area contributed by atoms with Crippen LogP contribution in [0.25, 0.3) is 58.0 Å². The van der Waals surface area contributed by atoms with Crippen molar-refractivity contribution in [3.8, 4) is 0 Å². The highest BCUT2D eigenvalue weighted by atomic mass is 16.2. The van der Waals surface area contributed by atoms with Crippen molar-refractivity contribution < 1.29 is 33.6 Å². The third kappa shape index (κ3) is 11.9. The van der Waals surface area contributed by atoms with Crippen LogP contribution in [0, 0.1) is 0 Å². The molecule has 0 aromatic heterocycles. The summed E-state index contributed by atoms with van der Waals surface area (Å²) in [5.41, 5.74) is 4.15. The van der Waals surface area contributed by atoms with Gasteiger partial charge in [-0.05, 0) is 121 Å². The van der Waals surface area contributed by atoms with Crippen LogP contribution in [0.5, 0.6) is 0 Å². The number of hydrogen-bond acceptors (Lipinski definition) is 7. The summed E-state index contributed by atoms with van der Waals surface area (Å²) in [5.74, 6) is -4.23. The summed E-state index contributed by atoms with van der Waals surface area (Å²) in [6, 6.07) is 61.2. The second-order valence-electron chi connectivity index (χ2n) is 18.7. The number of carbonyl (C=O) groups excluding carboxylic acids is 7. The molecule has 1 aliphatic rings. The van der Waals surface area contributed by atoms with Crippen molar-refractivity contribution >= 4 is 98.5 Å². The van der Waals surface area contributed by atoms with Gasteiger partial charge in [0, 0.05) is 39.8 Å². The van der Waals surface area contributed by atoms with Crippen molar-refractivity contribution in [2.45, 2.75) is 6.42 Å². The van der Waals surface area contributed by atoms with Gasteiger partial charge in [0.2, 0.25) is 0 Å². The van der Waals surface area contributed by atoms with E-state index in [0.717, 1.165) is 22.3 Å². The molecular formula is C72H48O7. The Kier molecular flexibility index (Phi) is 15.7. The number of rotatable bonds is 18. The highest BCUT2D eigenvalue weighted by molar-refractivity contribution is 6.39. The average Bonchev–Trinajstić information content (AvgIpc) is 3.69. The highest BCUT2D eigenvalue weighted by Crippen LogP contribution is 2.42. The Morgan fingerprint density at radius 1 is 0.291 bits per heavy atom. The second-order valence-corrected chi connectivity index (χ2v) is 18.7. The van der Waals surface area contributed by atoms with Crippen LogP contribution in [0.15, 0.2) is 254 Å². The van der Waals surface area contributed by atoms with E-state index in [1.807, 2.05) is 170 Å². The number of ketones is 7. The summed E-state index contributed by atoms with van der Waals surface area (Å²) in [7, 11) is 0. The lowest BCUT2D eigenvalue weighted by molar-refractivity contribution is -0.113. The number of allylic oxidation sites excluding steroid dienone is 8. The van der Waals surface area contributed by atoms with E-state index in [9.17, 15) is 28.8 Å². The normalized spacial score (nSPS) is 12.7. The third-order valence-corrected chi connectivity index (χ3v) is 13.6. The van der Waals surface area contributed by atoms with E-state index < -0.39 is 40.5 Å². The molecule has 0 N–H and O–H groups in total. The lowest BCUT2D eigenvalue weighted by Crippen LogP contribution is -2.25. The Hall–Kier alpha value is -10.6. The van der Waals surface area contributed by atoms with Crippen molar-refractivity contribution in [3.63, 3.8) is 0 Å². The topological polar surface area (TPSA) is 119 Å². The van der Waals surface area contributed by atoms with Gasteiger partial charge < -0.3 is 0 Å². The molecule has 0 aliphatic heterocycles. The summed E-state index contributed by atoms with van der Waals surface area (Å²) in [4.78, 5) is 104. The molecule has 0 atom stereocenters. The molecule has 9 aromatic carbocycles. The Labute approximate surface area is 456 Å². The fraction of sp³-hybridized carbons (Fsp3) is 0.0139. The largest absolute Gasteiger partial charge is 0.290 e. The first-order valence-electron chi connectivity index (χ1n) is 25.6. The first-order valence-corrected chi connectivity index (χ1v) is 25.6. The zero-order valence-corrected chi connectivity index (χ0v) is 42.6. The van der Waals surface area contributed by atoms with Crippen LogP contribution in [0.1, 0.15) is 90.7 Å². The molecular weight excluding hydrogens is 977 g/mol. The lowest BCUT2D eigenvalue weighted by atomic mass is 9.75. The van der Waals surface area contributed by atoms with Crippen LogP contribution in [-0.2, 0) is 16.0 Å². The van der Waals surface area contributed by atoms with E-state index in [2.05, 4.69) is 0 Å². The van der Waals surface area contributed by atoms with Crippen molar-refractivity contribution in [1.29, 1.82) is 0 Å². The molecule has 7 nitrogen and oxygen atoms in total. The molecule has 378 valence electrons. The van der Waals surface area contributed by atoms with E-state index in [-0.39, 0.29) is 61.7 Å². The summed E-state index contributed by atoms with van der Waals surface area (Å²) < 4.78 is 0. The maximum Gasteiger partial charge on any atom is 0.198 e. The fourth-order valence-electron chi connectivity index (χ4n) is 9.61. The van der Waals surface area contributed by atoms with E-state index in [1.165, 1.54) is 42.5 Å². The van der Waals surface area contributed by atoms with Crippen molar-refractivity contribution in [2.75, 3.05) is 0 Å². The number of benzene rings is 9. The Morgan fingerprint density at radius 2 is 0.544 bits per heavy atom. The number of hydrogen-bond donors (Lipinski definition) is 0. The summed E-state index contributed by atoms with van der Waals surface area (Å²) in [5, 5.41) is 1.15. The zero-order valence-electron chi connectivity index (χ0n) is 42.6. The lowest BCUT2D eigenvalue weighted by Gasteiger charge is -2.25. The van der Waals surface area contributed by atoms with Gasteiger partial charge in [-0.3, -0.25) is 33.6 Å². The molecule has 0 heterocycles. The molecule has 9 aromatic rings. The molecule has 7 heteroatoms. The van der Waals surface area contributed by atoms with Gasteiger partial charge in [-0.1, -0.05) is 218 Å². The minimum atomic E-state index is -0.795. The van der Waals surface area contributed by atoms with Crippen LogP contribution in [-0.4, -0.2) is 40.5 Å². The summed E-state index contributed by atoms with van der Waals surface area (Å²) in [6.07, 6.45) is 17.6. The van der Waals surface area contributed by atoms with E-state index in [0.29, 0.717) is 21.9 Å². The molecule has 1 aliphatic carbocycles. The number of carbonyl (C=O) groups is 7. The summed E-state index contributed by atoms with van der Waals surface area (Å²) >= 11 is 0. The molecule has 0 amide bonds. The van der Waals surface area contributed by atoms with E-state index in [4.69, 9.17) is 0 Å². The fourth-order valence-corrected chi connectivity index (χ4v) is 9.61. The third-order valence-electron chi connectivity index (χ3n) is 13.6. The predicted octanol–water partition coefficient (Wildman–Crippen LogP) is 15.2. The monoisotopic (exact) mass is 1020 g/mol. The van der Waals surface area contributed by atoms with Gasteiger partial charge in [0.1, 0.15) is 0 Å². The van der Waals surface area contributed by atoms with E-state index in [1.54, 1.807) is 66.8 Å². The Morgan fingerprint density at radius 3 is 0.861 bits per heavy atom. The quantitative estimate of drug-likeness (QED) is 0.0363. The highest BCUT2D eigenvalue weighted by Gasteiger charge is 2.36. The van der Waals surface area contributed by atoms with Crippen LogP contribution >= 0.6 is 0 Å². The van der Waals surface area contributed by atoms with Gasteiger partial charge in [-0.2, -0.15) is 0 Å². The van der Waals surface area contributed by atoms with Crippen LogP contribution in [0.3, 0.4) is 0 Å². The van der Waals surface area contributed by atoms with Gasteiger partial charge in [0.05, 0.1) is 5.57 Å². The average molecular weight is 1030 g/mol. The van der Waals surface area contributed by atoms with Crippen LogP contribution in [0.4, 0.5) is 0 Å². The van der Waals surface area contributed by atoms with Crippen molar-refractivity contribution in [1.82, 2.24) is 0 Å². The predicted molar refractivity (Wildman–Crippen MR) is 317 cm³/mol.